The van der Waals surface area contributed by atoms with Gasteiger partial charge < -0.3 is 19.3 Å². The van der Waals surface area contributed by atoms with Gasteiger partial charge in [-0.05, 0) is 57.4 Å². The van der Waals surface area contributed by atoms with E-state index in [0.717, 1.165) is 36.4 Å². The molecule has 0 saturated carbocycles. The van der Waals surface area contributed by atoms with Crippen molar-refractivity contribution in [2.24, 2.45) is 0 Å². The number of hydrogen-bond donors (Lipinski definition) is 1. The maximum atomic E-state index is 14.7. The first-order valence-electron chi connectivity index (χ1n) is 13.2. The molecule has 8 heteroatoms. The van der Waals surface area contributed by atoms with Gasteiger partial charge in [-0.2, -0.15) is 5.10 Å². The molecule has 0 aliphatic carbocycles. The van der Waals surface area contributed by atoms with Crippen LogP contribution in [0.4, 0.5) is 4.39 Å². The average molecular weight is 512 g/mol. The van der Waals surface area contributed by atoms with Crippen molar-refractivity contribution in [2.45, 2.75) is 64.9 Å². The molecule has 7 nitrogen and oxygen atoms in total. The number of hydrogen-bond acceptors (Lipinski definition) is 6. The zero-order valence-electron chi connectivity index (χ0n) is 22.0. The van der Waals surface area contributed by atoms with Gasteiger partial charge >= 0.3 is 0 Å². The van der Waals surface area contributed by atoms with Crippen molar-refractivity contribution in [2.75, 3.05) is 26.3 Å². The van der Waals surface area contributed by atoms with E-state index in [1.165, 1.54) is 6.07 Å². The van der Waals surface area contributed by atoms with E-state index in [4.69, 9.17) is 19.3 Å². The number of benzene rings is 2. The van der Waals surface area contributed by atoms with Gasteiger partial charge in [-0.1, -0.05) is 37.3 Å². The summed E-state index contributed by atoms with van der Waals surface area (Å²) in [6.07, 6.45) is 2.17. The Morgan fingerprint density at radius 3 is 2.59 bits per heavy atom. The standard InChI is InChI=1S/C29H38FN3O4/c1-4-27-25(19-32(18-24-13-10-16-35-24)17-23(34)20-36-21(2)3)29(37-28-15-9-8-14-26(28)30)33(31-27)22-11-6-5-7-12-22/h5-9,11-12,14-15,21,23-24,34H,4,10,13,16-20H2,1-3H3/t23-,24-/m0/s1. The van der Waals surface area contributed by atoms with Crippen LogP contribution in [0.15, 0.2) is 54.6 Å². The zero-order chi connectivity index (χ0) is 26.2. The molecule has 1 fully saturated rings. The maximum Gasteiger partial charge on any atom is 0.227 e. The quantitative estimate of drug-likeness (QED) is 0.343. The second kappa shape index (κ2) is 13.1. The normalized spacial score (nSPS) is 16.6. The van der Waals surface area contributed by atoms with E-state index < -0.39 is 11.9 Å². The van der Waals surface area contributed by atoms with E-state index in [1.54, 1.807) is 22.9 Å². The van der Waals surface area contributed by atoms with Gasteiger partial charge in [0.2, 0.25) is 5.88 Å². The molecule has 1 saturated heterocycles. The molecule has 4 rings (SSSR count). The Morgan fingerprint density at radius 1 is 1.16 bits per heavy atom. The number of nitrogens with zero attached hydrogens (tertiary/aromatic N) is 3. The Bertz CT molecular complexity index is 1120. The van der Waals surface area contributed by atoms with Gasteiger partial charge in [0.1, 0.15) is 0 Å². The van der Waals surface area contributed by atoms with Crippen LogP contribution >= 0.6 is 0 Å². The number of aromatic nitrogens is 2. The molecule has 0 spiro atoms. The third kappa shape index (κ3) is 7.38. The van der Waals surface area contributed by atoms with Gasteiger partial charge in [0, 0.05) is 26.2 Å². The smallest absolute Gasteiger partial charge is 0.227 e. The Labute approximate surface area is 218 Å². The molecule has 2 aromatic carbocycles. The fourth-order valence-corrected chi connectivity index (χ4v) is 4.56. The third-order valence-corrected chi connectivity index (χ3v) is 6.36. The average Bonchev–Trinajstić information content (AvgIpc) is 3.52. The molecule has 1 aromatic heterocycles. The molecule has 1 aliphatic rings. The van der Waals surface area contributed by atoms with Crippen LogP contribution < -0.4 is 4.74 Å². The SMILES string of the molecule is CCc1nn(-c2ccccc2)c(Oc2ccccc2F)c1CN(C[C@H](O)COC(C)C)C[C@@H]1CCCO1. The molecule has 3 aromatic rings. The van der Waals surface area contributed by atoms with Crippen molar-refractivity contribution >= 4 is 0 Å². The molecule has 0 radical (unpaired) electrons. The van der Waals surface area contributed by atoms with Crippen molar-refractivity contribution in [1.82, 2.24) is 14.7 Å². The lowest BCUT2D eigenvalue weighted by Crippen LogP contribution is -2.39. The fourth-order valence-electron chi connectivity index (χ4n) is 4.56. The summed E-state index contributed by atoms with van der Waals surface area (Å²) in [7, 11) is 0. The molecular formula is C29H38FN3O4. The Kier molecular flexibility index (Phi) is 9.68. The summed E-state index contributed by atoms with van der Waals surface area (Å²) in [5, 5.41) is 15.6. The van der Waals surface area contributed by atoms with Gasteiger partial charge in [0.25, 0.3) is 0 Å². The number of rotatable bonds is 13. The van der Waals surface area contributed by atoms with Crippen molar-refractivity contribution < 1.29 is 23.7 Å². The van der Waals surface area contributed by atoms with Crippen molar-refractivity contribution in [3.05, 3.63) is 71.7 Å². The minimum Gasteiger partial charge on any atom is -0.435 e. The Morgan fingerprint density at radius 2 is 1.92 bits per heavy atom. The predicted molar refractivity (Wildman–Crippen MR) is 141 cm³/mol. The molecule has 200 valence electrons. The van der Waals surface area contributed by atoms with Gasteiger partial charge in [0.05, 0.1) is 41.9 Å². The molecule has 0 amide bonds. The van der Waals surface area contributed by atoms with Crippen LogP contribution in [-0.2, 0) is 22.4 Å². The summed E-state index contributed by atoms with van der Waals surface area (Å²) >= 11 is 0. The Balaban J connectivity index is 1.69. The number of halogens is 1. The highest BCUT2D eigenvalue weighted by atomic mass is 19.1. The molecule has 0 unspecified atom stereocenters. The molecule has 2 atom stereocenters. The van der Waals surface area contributed by atoms with E-state index >= 15 is 0 Å². The molecule has 0 bridgehead atoms. The van der Waals surface area contributed by atoms with Crippen LogP contribution in [0.1, 0.15) is 44.9 Å². The largest absolute Gasteiger partial charge is 0.435 e. The monoisotopic (exact) mass is 511 g/mol. The van der Waals surface area contributed by atoms with Crippen LogP contribution in [-0.4, -0.2) is 64.4 Å². The van der Waals surface area contributed by atoms with Crippen LogP contribution in [0.5, 0.6) is 11.6 Å². The number of aryl methyl sites for hydroxylation is 1. The van der Waals surface area contributed by atoms with Crippen LogP contribution in [0.3, 0.4) is 0 Å². The predicted octanol–water partition coefficient (Wildman–Crippen LogP) is 5.13. The highest BCUT2D eigenvalue weighted by molar-refractivity contribution is 5.44. The molecular weight excluding hydrogens is 473 g/mol. The van der Waals surface area contributed by atoms with Crippen molar-refractivity contribution in [1.29, 1.82) is 0 Å². The second-order valence-corrected chi connectivity index (χ2v) is 9.73. The van der Waals surface area contributed by atoms with Crippen LogP contribution in [0.2, 0.25) is 0 Å². The summed E-state index contributed by atoms with van der Waals surface area (Å²) in [5.74, 6) is 0.169. The first-order chi connectivity index (χ1) is 17.9. The first-order valence-corrected chi connectivity index (χ1v) is 13.2. The molecule has 2 heterocycles. The summed E-state index contributed by atoms with van der Waals surface area (Å²) < 4.78 is 34.2. The molecule has 37 heavy (non-hydrogen) atoms. The zero-order valence-corrected chi connectivity index (χ0v) is 22.0. The van der Waals surface area contributed by atoms with E-state index in [0.29, 0.717) is 31.9 Å². The van der Waals surface area contributed by atoms with E-state index in [9.17, 15) is 9.50 Å². The number of ether oxygens (including phenoxy) is 3. The van der Waals surface area contributed by atoms with Gasteiger partial charge in [0.15, 0.2) is 11.6 Å². The molecule has 1 aliphatic heterocycles. The third-order valence-electron chi connectivity index (χ3n) is 6.36. The van der Waals surface area contributed by atoms with Crippen LogP contribution in [0.25, 0.3) is 5.69 Å². The summed E-state index contributed by atoms with van der Waals surface area (Å²) in [6.45, 7) is 8.50. The lowest BCUT2D eigenvalue weighted by molar-refractivity contribution is -0.0173. The van der Waals surface area contributed by atoms with Gasteiger partial charge in [-0.25, -0.2) is 9.07 Å². The minimum atomic E-state index is -0.658. The number of para-hydroxylation sites is 2. The topological polar surface area (TPSA) is 69.0 Å². The Hall–Kier alpha value is -2.78. The van der Waals surface area contributed by atoms with Crippen molar-refractivity contribution in [3.63, 3.8) is 0 Å². The lowest BCUT2D eigenvalue weighted by Gasteiger charge is -2.28. The maximum absolute atomic E-state index is 14.7. The highest BCUT2D eigenvalue weighted by Gasteiger charge is 2.27. The minimum absolute atomic E-state index is 0.0397. The second-order valence-electron chi connectivity index (χ2n) is 9.73. The van der Waals surface area contributed by atoms with Crippen molar-refractivity contribution in [3.8, 4) is 17.3 Å². The summed E-state index contributed by atoms with van der Waals surface area (Å²) in [6, 6.07) is 16.1. The number of aliphatic hydroxyl groups is 1. The fraction of sp³-hybridized carbons (Fsp3) is 0.483. The lowest BCUT2D eigenvalue weighted by atomic mass is 10.1. The summed E-state index contributed by atoms with van der Waals surface area (Å²) in [5.41, 5.74) is 2.55. The van der Waals surface area contributed by atoms with Gasteiger partial charge in [-0.15, -0.1) is 0 Å². The first kappa shape index (κ1) is 27.3. The van der Waals surface area contributed by atoms with E-state index in [2.05, 4.69) is 4.90 Å². The van der Waals surface area contributed by atoms with E-state index in [-0.39, 0.29) is 24.6 Å². The summed E-state index contributed by atoms with van der Waals surface area (Å²) in [4.78, 5) is 2.17. The van der Waals surface area contributed by atoms with E-state index in [1.807, 2.05) is 51.1 Å². The number of aliphatic hydroxyl groups excluding tert-OH is 1. The molecule has 1 N–H and O–H groups in total. The van der Waals surface area contributed by atoms with Gasteiger partial charge in [-0.3, -0.25) is 4.90 Å². The van der Waals surface area contributed by atoms with Crippen LogP contribution in [0, 0.1) is 5.82 Å². The highest BCUT2D eigenvalue weighted by Crippen LogP contribution is 2.33.